The quantitative estimate of drug-likeness (QED) is 0.586. The van der Waals surface area contributed by atoms with Crippen molar-refractivity contribution in [1.82, 2.24) is 4.98 Å². The molecule has 144 valence electrons. The average molecular weight is 407 g/mol. The normalized spacial score (nSPS) is 10.7. The van der Waals surface area contributed by atoms with Gasteiger partial charge in [-0.25, -0.2) is 13.2 Å². The van der Waals surface area contributed by atoms with Crippen molar-refractivity contribution in [3.8, 4) is 5.75 Å². The highest BCUT2D eigenvalue weighted by atomic mass is 35.5. The number of carboxylic acids is 1. The largest absolute Gasteiger partial charge is 0.543 e. The minimum Gasteiger partial charge on any atom is -0.543 e. The molecule has 2 aromatic carbocycles. The Balaban J connectivity index is 1.84. The number of hydrogen-bond donors (Lipinski definition) is 0. The van der Waals surface area contributed by atoms with Crippen molar-refractivity contribution in [2.24, 2.45) is 0 Å². The average Bonchev–Trinajstić information content (AvgIpc) is 2.67. The molecule has 0 bridgehead atoms. The van der Waals surface area contributed by atoms with Crippen LogP contribution < -0.4 is 9.84 Å². The Labute approximate surface area is 163 Å². The molecule has 0 radical (unpaired) electrons. The number of aromatic nitrogens is 1. The number of hydrogen-bond acceptors (Lipinski definition) is 4. The zero-order chi connectivity index (χ0) is 20.3. The second-order valence-electron chi connectivity index (χ2n) is 5.85. The fraction of sp³-hybridized carbons (Fsp3) is 0.100. The van der Waals surface area contributed by atoms with E-state index in [9.17, 15) is 23.1 Å². The maximum absolute atomic E-state index is 13.8. The van der Waals surface area contributed by atoms with Crippen LogP contribution in [-0.2, 0) is 13.0 Å². The van der Waals surface area contributed by atoms with Crippen LogP contribution in [0.25, 0.3) is 0 Å². The number of carbonyl (C=O) groups is 1. The highest BCUT2D eigenvalue weighted by molar-refractivity contribution is 6.30. The number of aromatic carboxylic acids is 1. The summed E-state index contributed by atoms with van der Waals surface area (Å²) in [6.07, 6.45) is 0.178. The highest BCUT2D eigenvalue weighted by Gasteiger charge is 2.15. The van der Waals surface area contributed by atoms with E-state index < -0.39 is 23.4 Å². The van der Waals surface area contributed by atoms with E-state index in [1.54, 1.807) is 18.2 Å². The Hall–Kier alpha value is -3.06. The molecule has 0 amide bonds. The number of halogens is 4. The summed E-state index contributed by atoms with van der Waals surface area (Å²) in [5, 5.41) is 11.4. The van der Waals surface area contributed by atoms with Crippen molar-refractivity contribution in [2.75, 3.05) is 0 Å². The molecule has 3 aromatic rings. The molecule has 28 heavy (non-hydrogen) atoms. The van der Waals surface area contributed by atoms with E-state index in [-0.39, 0.29) is 24.3 Å². The molecule has 0 N–H and O–H groups in total. The summed E-state index contributed by atoms with van der Waals surface area (Å²) in [7, 11) is 0. The third kappa shape index (κ3) is 4.43. The first kappa shape index (κ1) is 19.7. The van der Waals surface area contributed by atoms with Crippen molar-refractivity contribution in [3.63, 3.8) is 0 Å². The fourth-order valence-corrected chi connectivity index (χ4v) is 2.74. The van der Waals surface area contributed by atoms with Crippen LogP contribution in [0, 0.1) is 17.5 Å². The Morgan fingerprint density at radius 2 is 1.82 bits per heavy atom. The van der Waals surface area contributed by atoms with Gasteiger partial charge in [-0.2, -0.15) is 0 Å². The van der Waals surface area contributed by atoms with Gasteiger partial charge in [-0.05, 0) is 42.5 Å². The Bertz CT molecular complexity index is 1040. The maximum Gasteiger partial charge on any atom is 0.194 e. The minimum atomic E-state index is -1.57. The van der Waals surface area contributed by atoms with Crippen molar-refractivity contribution in [2.45, 2.75) is 13.0 Å². The first-order valence-electron chi connectivity index (χ1n) is 8.06. The van der Waals surface area contributed by atoms with E-state index in [4.69, 9.17) is 16.3 Å². The van der Waals surface area contributed by atoms with E-state index in [0.717, 1.165) is 12.1 Å². The van der Waals surface area contributed by atoms with Gasteiger partial charge in [-0.15, -0.1) is 0 Å². The number of carbonyl (C=O) groups excluding carboxylic acids is 1. The smallest absolute Gasteiger partial charge is 0.194 e. The zero-order valence-electron chi connectivity index (χ0n) is 14.2. The maximum atomic E-state index is 13.8. The van der Waals surface area contributed by atoms with Gasteiger partial charge in [0.15, 0.2) is 17.5 Å². The molecular formula is C20H12ClF3NO3-. The monoisotopic (exact) mass is 406 g/mol. The number of nitrogens with zero attached hydrogens (tertiary/aromatic N) is 1. The molecule has 0 fully saturated rings. The first-order chi connectivity index (χ1) is 13.3. The molecule has 0 saturated heterocycles. The third-order valence-corrected chi connectivity index (χ3v) is 4.14. The number of carboxylic acid groups (broad SMARTS) is 1. The van der Waals surface area contributed by atoms with Crippen LogP contribution in [0.1, 0.15) is 27.3 Å². The Kier molecular flexibility index (Phi) is 5.84. The lowest BCUT2D eigenvalue weighted by Gasteiger charge is -2.13. The number of pyridine rings is 1. The number of ether oxygens (including phenoxy) is 1. The molecule has 1 aromatic heterocycles. The second-order valence-corrected chi connectivity index (χ2v) is 6.29. The SMILES string of the molecule is O=C([O-])c1cccc(Cc2cc(Cl)ccc2OCc2ccc(F)c(F)c2F)n1. The van der Waals surface area contributed by atoms with Crippen molar-refractivity contribution in [1.29, 1.82) is 0 Å². The zero-order valence-corrected chi connectivity index (χ0v) is 15.0. The van der Waals surface area contributed by atoms with Gasteiger partial charge in [0.05, 0.1) is 11.7 Å². The Morgan fingerprint density at radius 3 is 2.57 bits per heavy atom. The predicted molar refractivity (Wildman–Crippen MR) is 93.5 cm³/mol. The number of rotatable bonds is 6. The highest BCUT2D eigenvalue weighted by Crippen LogP contribution is 2.27. The van der Waals surface area contributed by atoms with Gasteiger partial charge in [0.1, 0.15) is 12.4 Å². The molecule has 4 nitrogen and oxygen atoms in total. The van der Waals surface area contributed by atoms with Crippen LogP contribution in [-0.4, -0.2) is 11.0 Å². The van der Waals surface area contributed by atoms with Gasteiger partial charge in [-0.3, -0.25) is 4.98 Å². The molecule has 0 aliphatic rings. The third-order valence-electron chi connectivity index (χ3n) is 3.91. The van der Waals surface area contributed by atoms with Crippen LogP contribution in [0.15, 0.2) is 48.5 Å². The van der Waals surface area contributed by atoms with Crippen LogP contribution in [0.3, 0.4) is 0 Å². The van der Waals surface area contributed by atoms with Crippen molar-refractivity contribution < 1.29 is 27.8 Å². The molecule has 8 heteroatoms. The topological polar surface area (TPSA) is 62.2 Å². The molecule has 0 spiro atoms. The molecule has 0 aliphatic carbocycles. The first-order valence-corrected chi connectivity index (χ1v) is 8.44. The van der Waals surface area contributed by atoms with E-state index in [2.05, 4.69) is 4.98 Å². The second kappa shape index (κ2) is 8.31. The molecule has 0 unspecified atom stereocenters. The summed E-state index contributed by atoms with van der Waals surface area (Å²) in [6.45, 7) is -0.343. The lowest BCUT2D eigenvalue weighted by Crippen LogP contribution is -2.23. The van der Waals surface area contributed by atoms with Gasteiger partial charge < -0.3 is 14.6 Å². The number of benzene rings is 2. The van der Waals surface area contributed by atoms with E-state index in [1.165, 1.54) is 18.2 Å². The lowest BCUT2D eigenvalue weighted by atomic mass is 10.1. The van der Waals surface area contributed by atoms with Gasteiger partial charge >= 0.3 is 0 Å². The summed E-state index contributed by atoms with van der Waals surface area (Å²) < 4.78 is 45.8. The fourth-order valence-electron chi connectivity index (χ4n) is 2.55. The lowest BCUT2D eigenvalue weighted by molar-refractivity contribution is -0.255. The van der Waals surface area contributed by atoms with Crippen LogP contribution in [0.2, 0.25) is 5.02 Å². The van der Waals surface area contributed by atoms with Crippen LogP contribution in [0.4, 0.5) is 13.2 Å². The summed E-state index contributed by atoms with van der Waals surface area (Å²) in [5.74, 6) is -5.26. The molecule has 0 atom stereocenters. The molecule has 0 saturated carbocycles. The molecule has 1 heterocycles. The Morgan fingerprint density at radius 1 is 1.04 bits per heavy atom. The van der Waals surface area contributed by atoms with E-state index >= 15 is 0 Å². The van der Waals surface area contributed by atoms with Gasteiger partial charge in [0, 0.05) is 28.3 Å². The van der Waals surface area contributed by atoms with Crippen molar-refractivity contribution in [3.05, 3.63) is 93.5 Å². The van der Waals surface area contributed by atoms with E-state index in [1.807, 2.05) is 0 Å². The molecule has 3 rings (SSSR count). The van der Waals surface area contributed by atoms with Crippen LogP contribution >= 0.6 is 11.6 Å². The van der Waals surface area contributed by atoms with Gasteiger partial charge in [0.2, 0.25) is 0 Å². The summed E-state index contributed by atoms with van der Waals surface area (Å²) in [5.41, 5.74) is 0.606. The summed E-state index contributed by atoms with van der Waals surface area (Å²) >= 11 is 6.01. The van der Waals surface area contributed by atoms with E-state index in [0.29, 0.717) is 22.0 Å². The van der Waals surface area contributed by atoms with Crippen LogP contribution in [0.5, 0.6) is 5.75 Å². The standard InChI is InChI=1S/C20H13ClF3NO3/c21-13-5-7-17(28-10-11-4-6-15(22)19(24)18(11)23)12(8-13)9-14-2-1-3-16(25-14)20(26)27/h1-8H,9-10H2,(H,26,27)/p-1. The summed E-state index contributed by atoms with van der Waals surface area (Å²) in [6, 6.07) is 11.0. The predicted octanol–water partition coefficient (Wildman–Crippen LogP) is 3.69. The van der Waals surface area contributed by atoms with Gasteiger partial charge in [-0.1, -0.05) is 17.7 Å². The molecule has 0 aliphatic heterocycles. The van der Waals surface area contributed by atoms with Gasteiger partial charge in [0.25, 0.3) is 0 Å². The van der Waals surface area contributed by atoms with Crippen molar-refractivity contribution >= 4 is 17.6 Å². The summed E-state index contributed by atoms with van der Waals surface area (Å²) in [4.78, 5) is 14.9. The molecular weight excluding hydrogens is 395 g/mol. The minimum absolute atomic E-state index is 0.156.